The van der Waals surface area contributed by atoms with E-state index in [0.29, 0.717) is 11.8 Å². The van der Waals surface area contributed by atoms with Gasteiger partial charge in [0.2, 0.25) is 11.8 Å². The van der Waals surface area contributed by atoms with Gasteiger partial charge in [-0.2, -0.15) is 0 Å². The van der Waals surface area contributed by atoms with E-state index < -0.39 is 17.5 Å². The molecular weight excluding hydrogens is 484 g/mol. The zero-order valence-corrected chi connectivity index (χ0v) is 19.0. The van der Waals surface area contributed by atoms with Crippen molar-refractivity contribution in [3.63, 3.8) is 0 Å². The highest BCUT2D eigenvalue weighted by Gasteiger charge is 2.51. The second-order valence-corrected chi connectivity index (χ2v) is 11.0. The minimum Gasteiger partial charge on any atom is -0.297 e. The molecule has 0 aliphatic rings. The first-order valence-corrected chi connectivity index (χ1v) is 12.4. The van der Waals surface area contributed by atoms with Gasteiger partial charge in [-0.15, -0.1) is 10.2 Å². The van der Waals surface area contributed by atoms with Crippen LogP contribution in [0.4, 0.5) is 0 Å². The summed E-state index contributed by atoms with van der Waals surface area (Å²) in [6, 6.07) is 30.1. The molecule has 0 spiro atoms. The van der Waals surface area contributed by atoms with Crippen LogP contribution in [-0.2, 0) is 4.79 Å². The maximum absolute atomic E-state index is 11.4. The largest absolute Gasteiger partial charge is 0.297 e. The molecule has 3 rings (SSSR count). The number of nitrogens with one attached hydrogen (secondary N) is 1. The van der Waals surface area contributed by atoms with Crippen LogP contribution in [0.1, 0.15) is 0 Å². The Morgan fingerprint density at radius 3 is 1.23 bits per heavy atom. The van der Waals surface area contributed by atoms with E-state index in [1.54, 1.807) is 0 Å². The number of carbonyl (C=O) groups is 1. The summed E-state index contributed by atoms with van der Waals surface area (Å²) in [4.78, 5) is 11.4. The molecule has 0 aromatic heterocycles. The fourth-order valence-electron chi connectivity index (χ4n) is 3.12. The Morgan fingerprint density at radius 2 is 1.00 bits per heavy atom. The maximum atomic E-state index is 11.4. The van der Waals surface area contributed by atoms with Crippen LogP contribution < -0.4 is 39.9 Å². The number of amides is 1. The van der Waals surface area contributed by atoms with Gasteiger partial charge in [0.1, 0.15) is 15.9 Å². The molecule has 0 fully saturated rings. The minimum atomic E-state index is -4.94. The molecule has 31 heavy (non-hydrogen) atoms. The van der Waals surface area contributed by atoms with Crippen molar-refractivity contribution < 1.29 is 33.7 Å². The molecule has 3 aromatic rings. The first kappa shape index (κ1) is 25.3. The third kappa shape index (κ3) is 6.74. The van der Waals surface area contributed by atoms with Crippen LogP contribution in [0, 0.1) is 10.2 Å². The Labute approximate surface area is 192 Å². The normalized spacial score (nSPS) is 11.0. The van der Waals surface area contributed by atoms with Crippen LogP contribution in [0.15, 0.2) is 101 Å². The molecule has 0 atom stereocenters. The minimum absolute atomic E-state index is 0.0574. The van der Waals surface area contributed by atoms with Gasteiger partial charge in [-0.25, -0.2) is 18.6 Å². The molecule has 3 aromatic carbocycles. The van der Waals surface area contributed by atoms with Crippen molar-refractivity contribution in [2.24, 2.45) is 0 Å². The molecule has 6 nitrogen and oxygen atoms in total. The predicted octanol–water partition coefficient (Wildman–Crippen LogP) is -0.425. The lowest BCUT2D eigenvalue weighted by Crippen LogP contribution is -2.68. The molecule has 0 saturated carbocycles. The summed E-state index contributed by atoms with van der Waals surface area (Å²) in [6.07, 6.45) is 0.629. The van der Waals surface area contributed by atoms with E-state index in [1.165, 1.54) is 0 Å². The average molecular weight is 501 g/mol. The second-order valence-electron chi connectivity index (χ2n) is 5.93. The van der Waals surface area contributed by atoms with Crippen LogP contribution in [0.25, 0.3) is 0 Å². The lowest BCUT2D eigenvalue weighted by molar-refractivity contribution is -2.00. The number of hydrogen-bond donors (Lipinski definition) is 1. The summed E-state index contributed by atoms with van der Waals surface area (Å²) in [6.45, 7) is 0. The van der Waals surface area contributed by atoms with Crippen molar-refractivity contribution in [3.05, 3.63) is 101 Å². The Morgan fingerprint density at radius 1 is 0.710 bits per heavy atom. The van der Waals surface area contributed by atoms with Crippen LogP contribution in [0.3, 0.4) is 0 Å². The number of hydrogen-bond acceptors (Lipinski definition) is 5. The second kappa shape index (κ2) is 11.6. The van der Waals surface area contributed by atoms with Gasteiger partial charge in [-0.1, -0.05) is 77.8 Å². The molecule has 0 aliphatic heterocycles. The highest BCUT2D eigenvalue weighted by atomic mass is 35.7. The van der Waals surface area contributed by atoms with Gasteiger partial charge in [0.05, 0.1) is 0 Å². The fourth-order valence-corrected chi connectivity index (χ4v) is 8.02. The quantitative estimate of drug-likeness (QED) is 0.364. The van der Waals surface area contributed by atoms with Gasteiger partial charge in [-0.3, -0.25) is 10.1 Å². The topological polar surface area (TPSA) is 121 Å². The van der Waals surface area contributed by atoms with Gasteiger partial charge in [-0.05, 0) is 36.4 Å². The zero-order chi connectivity index (χ0) is 22.9. The lowest BCUT2D eigenvalue weighted by atomic mass is 10.4. The molecular formula is C21H17Cl3NO5P. The summed E-state index contributed by atoms with van der Waals surface area (Å²) >= 11 is 12.6. The zero-order valence-electron chi connectivity index (χ0n) is 15.9. The molecule has 0 bridgehead atoms. The van der Waals surface area contributed by atoms with E-state index >= 15 is 0 Å². The van der Waals surface area contributed by atoms with Gasteiger partial charge in [0.15, 0.2) is 11.8 Å². The first-order valence-electron chi connectivity index (χ1n) is 8.65. The van der Waals surface area contributed by atoms with E-state index in [4.69, 9.17) is 41.8 Å². The third-order valence-corrected chi connectivity index (χ3v) is 9.02. The molecule has 0 heterocycles. The van der Waals surface area contributed by atoms with Crippen molar-refractivity contribution in [1.29, 1.82) is 0 Å². The van der Waals surface area contributed by atoms with Gasteiger partial charge >= 0.3 is 0 Å². The van der Waals surface area contributed by atoms with E-state index in [2.05, 4.69) is 41.7 Å². The summed E-state index contributed by atoms with van der Waals surface area (Å²) in [5.74, 6) is 0. The molecule has 0 aliphatic carbocycles. The van der Waals surface area contributed by atoms with Crippen LogP contribution in [0.2, 0.25) is 0 Å². The van der Waals surface area contributed by atoms with Crippen LogP contribution >= 0.6 is 30.5 Å². The number of halogens is 3. The molecule has 0 saturated heterocycles. The Bertz CT molecular complexity index is 893. The standard InChI is InChI=1S/C21H16Cl2NOP.ClHO4/c22-20(23)21(24-16-25)26(17-10-4-1-5-11-17,18-12-6-2-7-13-18)19-14-8-3-9-15-19;2-1(3,4)5/h1-16H;(H,2,3,4,5). The number of carbonyl (C=O) groups excluding carboxylic acids is 1. The lowest BCUT2D eigenvalue weighted by Gasteiger charge is -2.28. The predicted molar refractivity (Wildman–Crippen MR) is 113 cm³/mol. The van der Waals surface area contributed by atoms with Crippen LogP contribution in [-0.4, -0.2) is 6.41 Å². The molecule has 1 amide bonds. The molecule has 0 unspecified atom stereocenters. The third-order valence-electron chi connectivity index (χ3n) is 4.14. The van der Waals surface area contributed by atoms with Gasteiger partial charge in [0.25, 0.3) is 0 Å². The van der Waals surface area contributed by atoms with Crippen molar-refractivity contribution in [2.75, 3.05) is 0 Å². The van der Waals surface area contributed by atoms with Crippen LogP contribution in [0.5, 0.6) is 0 Å². The smallest absolute Gasteiger partial charge is 0.214 e. The van der Waals surface area contributed by atoms with E-state index in [1.807, 2.05) is 54.6 Å². The van der Waals surface area contributed by atoms with Crippen molar-refractivity contribution in [2.45, 2.75) is 0 Å². The first-order chi connectivity index (χ1) is 14.7. The number of benzene rings is 3. The van der Waals surface area contributed by atoms with Crippen molar-refractivity contribution in [3.8, 4) is 0 Å². The van der Waals surface area contributed by atoms with E-state index in [9.17, 15) is 4.79 Å². The highest BCUT2D eigenvalue weighted by molar-refractivity contribution is 7.99. The van der Waals surface area contributed by atoms with Crippen molar-refractivity contribution >= 4 is 52.8 Å². The van der Waals surface area contributed by atoms with Crippen molar-refractivity contribution in [1.82, 2.24) is 5.32 Å². The van der Waals surface area contributed by atoms with Gasteiger partial charge in [0, 0.05) is 0 Å². The fraction of sp³-hybridized carbons (Fsp3) is 0. The van der Waals surface area contributed by atoms with E-state index in [0.717, 1.165) is 15.9 Å². The molecule has 10 heteroatoms. The number of rotatable bonds is 6. The molecule has 162 valence electrons. The SMILES string of the molecule is O=CNC(=C(Cl)Cl)[P+](c1ccccc1)(c1ccccc1)c1ccccc1.[O-][Cl+3]([O-])([O-])[O-]. The summed E-state index contributed by atoms with van der Waals surface area (Å²) in [5, 5.41) is 5.97. The summed E-state index contributed by atoms with van der Waals surface area (Å²) in [7, 11) is -7.41. The van der Waals surface area contributed by atoms with E-state index in [-0.39, 0.29) is 4.49 Å². The molecule has 1 N–H and O–H groups in total. The monoisotopic (exact) mass is 499 g/mol. The maximum Gasteiger partial charge on any atom is 0.214 e. The molecule has 0 radical (unpaired) electrons. The summed E-state index contributed by atoms with van der Waals surface area (Å²) < 4.78 is 34.0. The Balaban J connectivity index is 0.000000614. The summed E-state index contributed by atoms with van der Waals surface area (Å²) in [5.41, 5.74) is 0.527. The Hall–Kier alpha value is -1.99. The highest BCUT2D eigenvalue weighted by Crippen LogP contribution is 2.62. The van der Waals surface area contributed by atoms with Gasteiger partial charge < -0.3 is 0 Å². The average Bonchev–Trinajstić information content (AvgIpc) is 2.75. The Kier molecular flexibility index (Phi) is 9.44.